The average molecular weight is 537 g/mol. The summed E-state index contributed by atoms with van der Waals surface area (Å²) in [5.74, 6) is -3.86. The van der Waals surface area contributed by atoms with Gasteiger partial charge in [0.2, 0.25) is 5.91 Å². The van der Waals surface area contributed by atoms with Crippen molar-refractivity contribution in [3.8, 4) is 0 Å². The van der Waals surface area contributed by atoms with Gasteiger partial charge in [-0.05, 0) is 67.0 Å². The monoisotopic (exact) mass is 536 g/mol. The maximum atomic E-state index is 14.1. The Kier molecular flexibility index (Phi) is 8.36. The second-order valence-electron chi connectivity index (χ2n) is 9.80. The van der Waals surface area contributed by atoms with Gasteiger partial charge < -0.3 is 24.7 Å². The molecule has 2 N–H and O–H groups in total. The number of carbonyl (C=O) groups is 2. The molecule has 1 heterocycles. The van der Waals surface area contributed by atoms with Crippen LogP contribution in [0.5, 0.6) is 0 Å². The maximum Gasteiger partial charge on any atom is 0.407 e. The van der Waals surface area contributed by atoms with Crippen molar-refractivity contribution in [3.63, 3.8) is 0 Å². The first-order valence-corrected chi connectivity index (χ1v) is 12.7. The molecule has 37 heavy (non-hydrogen) atoms. The Morgan fingerprint density at radius 3 is 2.59 bits per heavy atom. The molecule has 0 unspecified atom stereocenters. The summed E-state index contributed by atoms with van der Waals surface area (Å²) in [5.41, 5.74) is -0.0216. The number of carboxylic acid groups (broad SMARTS) is 1. The van der Waals surface area contributed by atoms with Crippen molar-refractivity contribution in [2.24, 2.45) is 5.92 Å². The number of aliphatic hydroxyl groups is 1. The van der Waals surface area contributed by atoms with Crippen molar-refractivity contribution in [1.29, 1.82) is 0 Å². The van der Waals surface area contributed by atoms with Gasteiger partial charge in [-0.25, -0.2) is 13.6 Å². The van der Waals surface area contributed by atoms with Gasteiger partial charge in [-0.1, -0.05) is 29.8 Å². The molecule has 2 aromatic carbocycles. The van der Waals surface area contributed by atoms with Crippen LogP contribution in [0, 0.1) is 17.6 Å². The fourth-order valence-electron chi connectivity index (χ4n) is 4.99. The fraction of sp³-hybridized carbons (Fsp3) is 0.481. The van der Waals surface area contributed by atoms with Crippen LogP contribution in [0.3, 0.4) is 0 Å². The molecular formula is C27H31ClF2N2O5. The van der Waals surface area contributed by atoms with Crippen molar-refractivity contribution in [3.05, 3.63) is 69.7 Å². The molecule has 0 spiro atoms. The number of nitrogens with zero attached hydrogens (tertiary/aromatic N) is 2. The second-order valence-corrected chi connectivity index (χ2v) is 10.2. The number of benzene rings is 2. The predicted molar refractivity (Wildman–Crippen MR) is 133 cm³/mol. The van der Waals surface area contributed by atoms with E-state index < -0.39 is 35.2 Å². The molecule has 2 amide bonds. The molecule has 2 atom stereocenters. The first kappa shape index (κ1) is 27.3. The molecule has 4 rings (SSSR count). The number of hydrogen-bond donors (Lipinski definition) is 2. The number of amides is 2. The molecule has 0 radical (unpaired) electrons. The molecule has 2 fully saturated rings. The molecule has 7 nitrogen and oxygen atoms in total. The van der Waals surface area contributed by atoms with E-state index in [1.54, 1.807) is 18.1 Å². The zero-order valence-corrected chi connectivity index (χ0v) is 21.4. The van der Waals surface area contributed by atoms with Crippen LogP contribution in [0.4, 0.5) is 13.6 Å². The molecule has 2 aliphatic rings. The molecule has 0 aromatic heterocycles. The zero-order valence-electron chi connectivity index (χ0n) is 20.6. The summed E-state index contributed by atoms with van der Waals surface area (Å²) in [6.07, 6.45) is 1.81. The first-order valence-electron chi connectivity index (χ1n) is 12.4. The van der Waals surface area contributed by atoms with Gasteiger partial charge in [0.05, 0.1) is 5.92 Å². The largest absolute Gasteiger partial charge is 0.465 e. The van der Waals surface area contributed by atoms with Gasteiger partial charge >= 0.3 is 6.09 Å². The van der Waals surface area contributed by atoms with Gasteiger partial charge in [0, 0.05) is 44.4 Å². The van der Waals surface area contributed by atoms with E-state index in [1.807, 2.05) is 12.1 Å². The number of carbonyl (C=O) groups excluding carboxylic acids is 1. The van der Waals surface area contributed by atoms with Crippen LogP contribution >= 0.6 is 11.6 Å². The highest BCUT2D eigenvalue weighted by molar-refractivity contribution is 6.31. The normalized spacial score (nSPS) is 21.6. The Labute approximate surface area is 219 Å². The molecule has 200 valence electrons. The fourth-order valence-corrected chi connectivity index (χ4v) is 5.17. The van der Waals surface area contributed by atoms with Gasteiger partial charge in [0.25, 0.3) is 0 Å². The van der Waals surface area contributed by atoms with E-state index in [2.05, 4.69) is 0 Å². The summed E-state index contributed by atoms with van der Waals surface area (Å²) in [7, 11) is 1.64. The van der Waals surface area contributed by atoms with Crippen molar-refractivity contribution < 1.29 is 33.3 Å². The van der Waals surface area contributed by atoms with Gasteiger partial charge in [0.1, 0.15) is 5.60 Å². The van der Waals surface area contributed by atoms with Gasteiger partial charge in [-0.3, -0.25) is 4.79 Å². The summed E-state index contributed by atoms with van der Waals surface area (Å²) in [6, 6.07) is 8.63. The van der Waals surface area contributed by atoms with Crippen molar-refractivity contribution in [1.82, 2.24) is 9.80 Å². The topological polar surface area (TPSA) is 90.3 Å². The summed E-state index contributed by atoms with van der Waals surface area (Å²) in [4.78, 5) is 28.5. The molecule has 1 aliphatic heterocycles. The smallest absolute Gasteiger partial charge is 0.407 e. The number of methoxy groups -OCH3 is 1. The molecule has 0 bridgehead atoms. The van der Waals surface area contributed by atoms with Crippen LogP contribution in [0.25, 0.3) is 0 Å². The van der Waals surface area contributed by atoms with E-state index in [-0.39, 0.29) is 37.7 Å². The lowest BCUT2D eigenvalue weighted by Gasteiger charge is -2.45. The van der Waals surface area contributed by atoms with Gasteiger partial charge in [-0.2, -0.15) is 0 Å². The minimum atomic E-state index is -1.86. The summed E-state index contributed by atoms with van der Waals surface area (Å²) >= 11 is 6.49. The molecular weight excluding hydrogens is 506 g/mol. The number of piperidine rings is 1. The van der Waals surface area contributed by atoms with Gasteiger partial charge in [-0.15, -0.1) is 0 Å². The lowest BCUT2D eigenvalue weighted by atomic mass is 9.75. The van der Waals surface area contributed by atoms with Crippen molar-refractivity contribution in [2.45, 2.75) is 50.3 Å². The van der Waals surface area contributed by atoms with E-state index in [4.69, 9.17) is 16.3 Å². The Hall–Kier alpha value is -2.75. The van der Waals surface area contributed by atoms with Crippen LogP contribution in [0.1, 0.15) is 42.4 Å². The standard InChI is InChI=1S/C27H31ClF2N2O5/c1-37-12-2-3-17-4-8-22(28)18(13-17)15-32(20-6-7-20)25(33)21-16-31(26(34)35)11-10-27(21,36)19-5-9-23(29)24(30)14-19/h4-5,8-9,13-14,20-21,36H,2-3,6-7,10-12,15-16H2,1H3,(H,34,35)/t21-,27+/m1/s1. The van der Waals surface area contributed by atoms with Crippen LogP contribution in [-0.2, 0) is 28.1 Å². The number of hydrogen-bond acceptors (Lipinski definition) is 4. The zero-order chi connectivity index (χ0) is 26.7. The molecule has 1 aliphatic carbocycles. The number of rotatable bonds is 9. The average Bonchev–Trinajstić information content (AvgIpc) is 3.71. The third kappa shape index (κ3) is 6.05. The van der Waals surface area contributed by atoms with Crippen molar-refractivity contribution >= 4 is 23.6 Å². The van der Waals surface area contributed by atoms with Crippen LogP contribution < -0.4 is 0 Å². The van der Waals surface area contributed by atoms with Crippen molar-refractivity contribution in [2.75, 3.05) is 26.8 Å². The first-order chi connectivity index (χ1) is 17.6. The quantitative estimate of drug-likeness (QED) is 0.458. The molecule has 10 heteroatoms. The van der Waals surface area contributed by atoms with Crippen LogP contribution in [-0.4, -0.2) is 64.9 Å². The Morgan fingerprint density at radius 1 is 1.19 bits per heavy atom. The third-order valence-electron chi connectivity index (χ3n) is 7.27. The van der Waals surface area contributed by atoms with E-state index >= 15 is 0 Å². The third-order valence-corrected chi connectivity index (χ3v) is 7.63. The molecule has 2 aromatic rings. The SMILES string of the molecule is COCCCc1ccc(Cl)c(CN(C(=O)[C@H]2CN(C(=O)O)CC[C@]2(O)c2ccc(F)c(F)c2)C2CC2)c1. The Balaban J connectivity index is 1.65. The van der Waals surface area contributed by atoms with Gasteiger partial charge in [0.15, 0.2) is 11.6 Å². The minimum absolute atomic E-state index is 0.0451. The Bertz CT molecular complexity index is 1160. The number of likely N-dealkylation sites (tertiary alicyclic amines) is 1. The molecule has 1 saturated heterocycles. The van der Waals surface area contributed by atoms with E-state index in [0.717, 1.165) is 53.8 Å². The summed E-state index contributed by atoms with van der Waals surface area (Å²) < 4.78 is 32.9. The number of ether oxygens (including phenoxy) is 1. The highest BCUT2D eigenvalue weighted by Crippen LogP contribution is 2.41. The summed E-state index contributed by atoms with van der Waals surface area (Å²) in [6.45, 7) is 0.498. The van der Waals surface area contributed by atoms with Crippen LogP contribution in [0.2, 0.25) is 5.02 Å². The molecule has 1 saturated carbocycles. The van der Waals surface area contributed by atoms with E-state index in [0.29, 0.717) is 11.6 Å². The predicted octanol–water partition coefficient (Wildman–Crippen LogP) is 4.58. The highest BCUT2D eigenvalue weighted by atomic mass is 35.5. The van der Waals surface area contributed by atoms with E-state index in [9.17, 15) is 28.6 Å². The minimum Gasteiger partial charge on any atom is -0.465 e. The number of halogens is 3. The number of aryl methyl sites for hydroxylation is 1. The lowest BCUT2D eigenvalue weighted by molar-refractivity contribution is -0.154. The van der Waals surface area contributed by atoms with Crippen LogP contribution in [0.15, 0.2) is 36.4 Å². The summed E-state index contributed by atoms with van der Waals surface area (Å²) in [5, 5.41) is 21.8. The maximum absolute atomic E-state index is 14.1. The highest BCUT2D eigenvalue weighted by Gasteiger charge is 2.51. The Morgan fingerprint density at radius 2 is 1.95 bits per heavy atom. The lowest BCUT2D eigenvalue weighted by Crippen LogP contribution is -2.57. The van der Waals surface area contributed by atoms with E-state index in [1.165, 1.54) is 6.07 Å². The second kappa shape index (κ2) is 11.3.